The number of fused-ring (bicyclic) bond motifs is 1. The van der Waals surface area contributed by atoms with Crippen LogP contribution in [0.15, 0.2) is 73.0 Å². The zero-order valence-corrected chi connectivity index (χ0v) is 13.7. The van der Waals surface area contributed by atoms with Crippen molar-refractivity contribution in [1.29, 1.82) is 0 Å². The number of methoxy groups -OCH3 is 2. The predicted octanol–water partition coefficient (Wildman–Crippen LogP) is 4.67. The smallest absolute Gasteiger partial charge is 0.341 e. The fourth-order valence-electron chi connectivity index (χ4n) is 2.77. The SMILES string of the molecule is CO/C=C(/C(=O)OC)c1cccc2ccc(-c3ccccc3)cc12. The minimum absolute atomic E-state index is 0.399. The number of esters is 1. The molecule has 0 aliphatic heterocycles. The first-order valence-electron chi connectivity index (χ1n) is 7.64. The second-order valence-electron chi connectivity index (χ2n) is 5.37. The summed E-state index contributed by atoms with van der Waals surface area (Å²) in [7, 11) is 2.88. The first-order chi connectivity index (χ1) is 11.7. The van der Waals surface area contributed by atoms with Gasteiger partial charge in [-0.15, -0.1) is 0 Å². The lowest BCUT2D eigenvalue weighted by atomic mass is 9.95. The topological polar surface area (TPSA) is 35.5 Å². The molecule has 0 atom stereocenters. The molecule has 3 rings (SSSR count). The van der Waals surface area contributed by atoms with Gasteiger partial charge in [0.25, 0.3) is 0 Å². The average Bonchev–Trinajstić information content (AvgIpc) is 2.65. The van der Waals surface area contributed by atoms with Crippen molar-refractivity contribution in [2.45, 2.75) is 0 Å². The van der Waals surface area contributed by atoms with Crippen molar-refractivity contribution >= 4 is 22.3 Å². The van der Waals surface area contributed by atoms with Crippen molar-refractivity contribution in [3.05, 3.63) is 78.6 Å². The number of hydrogen-bond donors (Lipinski definition) is 0. The Bertz CT molecular complexity index is 895. The van der Waals surface area contributed by atoms with Crippen LogP contribution < -0.4 is 0 Å². The second kappa shape index (κ2) is 7.01. The molecule has 0 spiro atoms. The van der Waals surface area contributed by atoms with Crippen molar-refractivity contribution in [1.82, 2.24) is 0 Å². The number of hydrogen-bond acceptors (Lipinski definition) is 3. The maximum Gasteiger partial charge on any atom is 0.341 e. The molecule has 0 saturated heterocycles. The van der Waals surface area contributed by atoms with Crippen LogP contribution in [0.4, 0.5) is 0 Å². The third-order valence-electron chi connectivity index (χ3n) is 3.92. The fraction of sp³-hybridized carbons (Fsp3) is 0.0952. The van der Waals surface area contributed by atoms with Gasteiger partial charge in [-0.3, -0.25) is 0 Å². The summed E-state index contributed by atoms with van der Waals surface area (Å²) in [6.45, 7) is 0. The van der Waals surface area contributed by atoms with Gasteiger partial charge in [-0.2, -0.15) is 0 Å². The van der Waals surface area contributed by atoms with E-state index in [4.69, 9.17) is 9.47 Å². The lowest BCUT2D eigenvalue weighted by Gasteiger charge is -2.11. The Morgan fingerprint density at radius 2 is 1.67 bits per heavy atom. The van der Waals surface area contributed by atoms with Crippen LogP contribution in [0.25, 0.3) is 27.5 Å². The van der Waals surface area contributed by atoms with Gasteiger partial charge in [0.2, 0.25) is 0 Å². The summed E-state index contributed by atoms with van der Waals surface area (Å²) in [4.78, 5) is 12.1. The highest BCUT2D eigenvalue weighted by Gasteiger charge is 2.16. The molecule has 0 amide bonds. The normalized spacial score (nSPS) is 11.3. The standard InChI is InChI=1S/C21H18O3/c1-23-14-20(21(22)24-2)18-10-6-9-16-11-12-17(13-19(16)18)15-7-4-3-5-8-15/h3-14H,1-2H3/b20-14+. The Labute approximate surface area is 141 Å². The summed E-state index contributed by atoms with van der Waals surface area (Å²) >= 11 is 0. The largest absolute Gasteiger partial charge is 0.503 e. The van der Waals surface area contributed by atoms with Crippen molar-refractivity contribution in [3.63, 3.8) is 0 Å². The number of rotatable bonds is 4. The van der Waals surface area contributed by atoms with Crippen molar-refractivity contribution in [2.75, 3.05) is 14.2 Å². The molecule has 3 aromatic rings. The lowest BCUT2D eigenvalue weighted by molar-refractivity contribution is -0.133. The Kier molecular flexibility index (Phi) is 4.62. The van der Waals surface area contributed by atoms with Crippen LogP contribution in [0.3, 0.4) is 0 Å². The van der Waals surface area contributed by atoms with Gasteiger partial charge in [0.15, 0.2) is 0 Å². The predicted molar refractivity (Wildman–Crippen MR) is 96.4 cm³/mol. The Morgan fingerprint density at radius 3 is 2.38 bits per heavy atom. The number of carbonyl (C=O) groups excluding carboxylic acids is 1. The molecule has 3 nitrogen and oxygen atoms in total. The molecular formula is C21H18O3. The van der Waals surface area contributed by atoms with E-state index in [0.717, 1.165) is 27.5 Å². The van der Waals surface area contributed by atoms with Crippen molar-refractivity contribution in [2.24, 2.45) is 0 Å². The van der Waals surface area contributed by atoms with Crippen LogP contribution in [0.5, 0.6) is 0 Å². The zero-order valence-electron chi connectivity index (χ0n) is 13.7. The molecule has 0 unspecified atom stereocenters. The van der Waals surface area contributed by atoms with Gasteiger partial charge in [-0.25, -0.2) is 4.79 Å². The summed E-state index contributed by atoms with van der Waals surface area (Å²) in [6, 6.07) is 22.2. The molecule has 120 valence electrons. The minimum atomic E-state index is -0.422. The summed E-state index contributed by atoms with van der Waals surface area (Å²) in [5.41, 5.74) is 3.41. The molecule has 0 saturated carbocycles. The highest BCUT2D eigenvalue weighted by Crippen LogP contribution is 2.30. The molecule has 0 fully saturated rings. The van der Waals surface area contributed by atoms with Gasteiger partial charge in [-0.05, 0) is 33.5 Å². The first kappa shape index (κ1) is 15.8. The van der Waals surface area contributed by atoms with Crippen LogP contribution in [0.2, 0.25) is 0 Å². The molecule has 0 aromatic heterocycles. The summed E-state index contributed by atoms with van der Waals surface area (Å²) in [6.07, 6.45) is 1.43. The van der Waals surface area contributed by atoms with Gasteiger partial charge in [0, 0.05) is 0 Å². The molecule has 0 aliphatic rings. The van der Waals surface area contributed by atoms with E-state index in [1.165, 1.54) is 20.5 Å². The molecule has 0 N–H and O–H groups in total. The Morgan fingerprint density at radius 1 is 0.875 bits per heavy atom. The van der Waals surface area contributed by atoms with Gasteiger partial charge in [0.1, 0.15) is 5.57 Å². The van der Waals surface area contributed by atoms with E-state index in [1.807, 2.05) is 36.4 Å². The number of carbonyl (C=O) groups is 1. The maximum absolute atomic E-state index is 12.1. The van der Waals surface area contributed by atoms with Gasteiger partial charge >= 0.3 is 5.97 Å². The molecule has 0 radical (unpaired) electrons. The minimum Gasteiger partial charge on any atom is -0.503 e. The fourth-order valence-corrected chi connectivity index (χ4v) is 2.77. The lowest BCUT2D eigenvalue weighted by Crippen LogP contribution is -2.05. The third kappa shape index (κ3) is 3.01. The Balaban J connectivity index is 2.21. The summed E-state index contributed by atoms with van der Waals surface area (Å²) in [5, 5.41) is 2.03. The van der Waals surface area contributed by atoms with Crippen LogP contribution in [0, 0.1) is 0 Å². The van der Waals surface area contributed by atoms with E-state index in [-0.39, 0.29) is 0 Å². The molecule has 3 aromatic carbocycles. The third-order valence-corrected chi connectivity index (χ3v) is 3.92. The van der Waals surface area contributed by atoms with Crippen molar-refractivity contribution < 1.29 is 14.3 Å². The zero-order chi connectivity index (χ0) is 16.9. The molecule has 0 heterocycles. The first-order valence-corrected chi connectivity index (χ1v) is 7.64. The van der Waals surface area contributed by atoms with Crippen molar-refractivity contribution in [3.8, 4) is 11.1 Å². The van der Waals surface area contributed by atoms with Gasteiger partial charge in [-0.1, -0.05) is 60.7 Å². The average molecular weight is 318 g/mol. The molecule has 0 aliphatic carbocycles. The molecule has 3 heteroatoms. The highest BCUT2D eigenvalue weighted by molar-refractivity contribution is 6.20. The van der Waals surface area contributed by atoms with Crippen LogP contribution >= 0.6 is 0 Å². The molecule has 24 heavy (non-hydrogen) atoms. The van der Waals surface area contributed by atoms with E-state index < -0.39 is 5.97 Å². The monoisotopic (exact) mass is 318 g/mol. The molecule has 0 bridgehead atoms. The summed E-state index contributed by atoms with van der Waals surface area (Å²) < 4.78 is 9.98. The number of ether oxygens (including phenoxy) is 2. The van der Waals surface area contributed by atoms with Gasteiger partial charge < -0.3 is 9.47 Å². The van der Waals surface area contributed by atoms with Crippen LogP contribution in [-0.2, 0) is 14.3 Å². The van der Waals surface area contributed by atoms with E-state index >= 15 is 0 Å². The Hall–Kier alpha value is -3.07. The highest BCUT2D eigenvalue weighted by atomic mass is 16.5. The van der Waals surface area contributed by atoms with Crippen LogP contribution in [-0.4, -0.2) is 20.2 Å². The van der Waals surface area contributed by atoms with E-state index in [1.54, 1.807) is 0 Å². The quantitative estimate of drug-likeness (QED) is 0.398. The number of benzene rings is 3. The summed E-state index contributed by atoms with van der Waals surface area (Å²) in [5.74, 6) is -0.422. The van der Waals surface area contributed by atoms with E-state index in [9.17, 15) is 4.79 Å². The maximum atomic E-state index is 12.1. The van der Waals surface area contributed by atoms with Gasteiger partial charge in [0.05, 0.1) is 20.5 Å². The van der Waals surface area contributed by atoms with E-state index in [2.05, 4.69) is 30.3 Å². The second-order valence-corrected chi connectivity index (χ2v) is 5.37. The van der Waals surface area contributed by atoms with E-state index in [0.29, 0.717) is 5.57 Å². The van der Waals surface area contributed by atoms with Crippen LogP contribution in [0.1, 0.15) is 5.56 Å². The molecular weight excluding hydrogens is 300 g/mol.